The molecule has 1 aromatic heterocycles. The van der Waals surface area contributed by atoms with Crippen LogP contribution in [0.1, 0.15) is 49.4 Å². The summed E-state index contributed by atoms with van der Waals surface area (Å²) in [6, 6.07) is 16.9. The van der Waals surface area contributed by atoms with Crippen LogP contribution in [0.4, 0.5) is 0 Å². The standard InChI is InChI=1S/C24H30N4O3/c1-24(2,25)15-16-26-22(29)18-11-13-19(14-12-18)23-28-27-21(31-23)10-6-7-17-30-20-8-4-3-5-9-20/h3-5,8-9,11-14H,6-7,10,15-17,25H2,1-2H3,(H,26,29). The Morgan fingerprint density at radius 3 is 2.52 bits per heavy atom. The summed E-state index contributed by atoms with van der Waals surface area (Å²) in [5.74, 6) is 1.80. The van der Waals surface area contributed by atoms with Crippen LogP contribution >= 0.6 is 0 Å². The molecule has 0 aliphatic carbocycles. The molecule has 3 rings (SSSR count). The number of aromatic nitrogens is 2. The maximum atomic E-state index is 12.2. The van der Waals surface area contributed by atoms with E-state index in [1.807, 2.05) is 56.3 Å². The maximum Gasteiger partial charge on any atom is 0.251 e. The lowest BCUT2D eigenvalue weighted by Gasteiger charge is -2.18. The highest BCUT2D eigenvalue weighted by Crippen LogP contribution is 2.19. The molecule has 0 radical (unpaired) electrons. The lowest BCUT2D eigenvalue weighted by atomic mass is 10.0. The van der Waals surface area contributed by atoms with Crippen molar-refractivity contribution >= 4 is 5.91 Å². The molecule has 0 fully saturated rings. The Bertz CT molecular complexity index is 947. The molecule has 3 aromatic rings. The summed E-state index contributed by atoms with van der Waals surface area (Å²) in [7, 11) is 0. The molecule has 0 aliphatic heterocycles. The van der Waals surface area contributed by atoms with E-state index in [1.54, 1.807) is 12.1 Å². The van der Waals surface area contributed by atoms with Crippen molar-refractivity contribution in [3.8, 4) is 17.2 Å². The molecule has 2 aromatic carbocycles. The van der Waals surface area contributed by atoms with E-state index in [4.69, 9.17) is 14.9 Å². The summed E-state index contributed by atoms with van der Waals surface area (Å²) in [4.78, 5) is 12.2. The second-order valence-electron chi connectivity index (χ2n) is 8.19. The summed E-state index contributed by atoms with van der Waals surface area (Å²) in [5.41, 5.74) is 6.99. The fourth-order valence-corrected chi connectivity index (χ4v) is 2.92. The summed E-state index contributed by atoms with van der Waals surface area (Å²) in [5, 5.41) is 11.1. The number of para-hydroxylation sites is 1. The predicted molar refractivity (Wildman–Crippen MR) is 120 cm³/mol. The van der Waals surface area contributed by atoms with Gasteiger partial charge in [-0.15, -0.1) is 10.2 Å². The van der Waals surface area contributed by atoms with E-state index in [9.17, 15) is 4.79 Å². The van der Waals surface area contributed by atoms with Crippen molar-refractivity contribution in [2.45, 2.75) is 45.1 Å². The third kappa shape index (κ3) is 7.53. The molecule has 0 saturated heterocycles. The Kier molecular flexibility index (Phi) is 7.78. The normalized spacial score (nSPS) is 11.3. The molecular formula is C24H30N4O3. The fraction of sp³-hybridized carbons (Fsp3) is 0.375. The zero-order valence-electron chi connectivity index (χ0n) is 18.1. The number of unbranched alkanes of at least 4 members (excludes halogenated alkanes) is 1. The number of hydrogen-bond donors (Lipinski definition) is 2. The Morgan fingerprint density at radius 1 is 1.06 bits per heavy atom. The molecule has 0 bridgehead atoms. The van der Waals surface area contributed by atoms with E-state index in [0.717, 1.165) is 24.2 Å². The molecule has 0 unspecified atom stereocenters. The van der Waals surface area contributed by atoms with Crippen molar-refractivity contribution in [2.24, 2.45) is 5.73 Å². The number of amides is 1. The average Bonchev–Trinajstić information content (AvgIpc) is 3.22. The van der Waals surface area contributed by atoms with E-state index < -0.39 is 0 Å². The number of nitrogens with one attached hydrogen (secondary N) is 1. The summed E-state index contributed by atoms with van der Waals surface area (Å²) >= 11 is 0. The van der Waals surface area contributed by atoms with Crippen molar-refractivity contribution in [3.63, 3.8) is 0 Å². The molecule has 164 valence electrons. The number of carbonyl (C=O) groups is 1. The molecular weight excluding hydrogens is 392 g/mol. The third-order valence-electron chi connectivity index (χ3n) is 4.71. The molecule has 1 amide bonds. The molecule has 31 heavy (non-hydrogen) atoms. The quantitative estimate of drug-likeness (QED) is 0.453. The summed E-state index contributed by atoms with van der Waals surface area (Å²) in [6.07, 6.45) is 3.20. The second-order valence-corrected chi connectivity index (χ2v) is 8.19. The van der Waals surface area contributed by atoms with Gasteiger partial charge in [0, 0.05) is 29.6 Å². The topological polar surface area (TPSA) is 103 Å². The Balaban J connectivity index is 1.43. The van der Waals surface area contributed by atoms with Crippen LogP contribution in [0.15, 0.2) is 59.0 Å². The highest BCUT2D eigenvalue weighted by Gasteiger charge is 2.13. The van der Waals surface area contributed by atoms with E-state index in [1.165, 1.54) is 0 Å². The van der Waals surface area contributed by atoms with Gasteiger partial charge >= 0.3 is 0 Å². The van der Waals surface area contributed by atoms with Crippen LogP contribution in [-0.2, 0) is 6.42 Å². The van der Waals surface area contributed by atoms with Crippen molar-refractivity contribution in [2.75, 3.05) is 13.2 Å². The molecule has 7 nitrogen and oxygen atoms in total. The Labute approximate surface area is 183 Å². The molecule has 0 aliphatic rings. The van der Waals surface area contributed by atoms with Crippen LogP contribution in [0.2, 0.25) is 0 Å². The number of aryl methyl sites for hydroxylation is 1. The van der Waals surface area contributed by atoms with Gasteiger partial charge in [-0.25, -0.2) is 0 Å². The zero-order valence-corrected chi connectivity index (χ0v) is 18.1. The minimum absolute atomic E-state index is 0.125. The molecule has 1 heterocycles. The second kappa shape index (κ2) is 10.7. The van der Waals surface area contributed by atoms with Gasteiger partial charge in [-0.05, 0) is 69.5 Å². The van der Waals surface area contributed by atoms with Gasteiger partial charge in [0.2, 0.25) is 11.8 Å². The van der Waals surface area contributed by atoms with Crippen LogP contribution < -0.4 is 15.8 Å². The third-order valence-corrected chi connectivity index (χ3v) is 4.71. The van der Waals surface area contributed by atoms with Crippen molar-refractivity contribution in [1.82, 2.24) is 15.5 Å². The predicted octanol–water partition coefficient (Wildman–Crippen LogP) is 4.00. The number of ether oxygens (including phenoxy) is 1. The van der Waals surface area contributed by atoms with Crippen molar-refractivity contribution in [3.05, 3.63) is 66.1 Å². The number of nitrogens with zero attached hydrogens (tertiary/aromatic N) is 2. The van der Waals surface area contributed by atoms with Crippen molar-refractivity contribution in [1.29, 1.82) is 0 Å². The van der Waals surface area contributed by atoms with Crippen LogP contribution in [0.3, 0.4) is 0 Å². The molecule has 7 heteroatoms. The fourth-order valence-electron chi connectivity index (χ4n) is 2.92. The number of rotatable bonds is 11. The van der Waals surface area contributed by atoms with Crippen LogP contribution in [0, 0.1) is 0 Å². The van der Waals surface area contributed by atoms with Gasteiger partial charge in [0.1, 0.15) is 5.75 Å². The smallest absolute Gasteiger partial charge is 0.251 e. The number of nitrogens with two attached hydrogens (primary N) is 1. The number of benzene rings is 2. The molecule has 3 N–H and O–H groups in total. The minimum Gasteiger partial charge on any atom is -0.494 e. The zero-order chi connectivity index (χ0) is 22.1. The Morgan fingerprint density at radius 2 is 1.81 bits per heavy atom. The largest absolute Gasteiger partial charge is 0.494 e. The average molecular weight is 423 g/mol. The van der Waals surface area contributed by atoms with Gasteiger partial charge in [0.25, 0.3) is 5.91 Å². The SMILES string of the molecule is CC(C)(N)CCNC(=O)c1ccc(-c2nnc(CCCCOc3ccccc3)o2)cc1. The highest BCUT2D eigenvalue weighted by molar-refractivity contribution is 5.94. The van der Waals surface area contributed by atoms with Gasteiger partial charge in [-0.1, -0.05) is 18.2 Å². The summed E-state index contributed by atoms with van der Waals surface area (Å²) < 4.78 is 11.4. The highest BCUT2D eigenvalue weighted by atomic mass is 16.5. The molecule has 0 spiro atoms. The first kappa shape index (κ1) is 22.5. The first-order valence-electron chi connectivity index (χ1n) is 10.6. The molecule has 0 saturated carbocycles. The lowest BCUT2D eigenvalue weighted by molar-refractivity contribution is 0.0951. The van der Waals surface area contributed by atoms with Crippen LogP contribution in [0.25, 0.3) is 11.5 Å². The minimum atomic E-state index is -0.304. The van der Waals surface area contributed by atoms with Gasteiger partial charge in [0.15, 0.2) is 0 Å². The number of carbonyl (C=O) groups excluding carboxylic acids is 1. The van der Waals surface area contributed by atoms with E-state index in [0.29, 0.717) is 43.3 Å². The first-order chi connectivity index (χ1) is 14.9. The first-order valence-corrected chi connectivity index (χ1v) is 10.6. The van der Waals surface area contributed by atoms with Gasteiger partial charge in [-0.3, -0.25) is 4.79 Å². The van der Waals surface area contributed by atoms with E-state index in [2.05, 4.69) is 15.5 Å². The lowest BCUT2D eigenvalue weighted by Crippen LogP contribution is -2.37. The Hall–Kier alpha value is -3.19. The molecule has 0 atom stereocenters. The van der Waals surface area contributed by atoms with E-state index in [-0.39, 0.29) is 11.4 Å². The number of hydrogen-bond acceptors (Lipinski definition) is 6. The van der Waals surface area contributed by atoms with Crippen molar-refractivity contribution < 1.29 is 13.9 Å². The van der Waals surface area contributed by atoms with Crippen LogP contribution in [0.5, 0.6) is 5.75 Å². The summed E-state index contributed by atoms with van der Waals surface area (Å²) in [6.45, 7) is 5.06. The van der Waals surface area contributed by atoms with Gasteiger partial charge in [0.05, 0.1) is 6.61 Å². The monoisotopic (exact) mass is 422 g/mol. The maximum absolute atomic E-state index is 12.2. The van der Waals surface area contributed by atoms with Crippen LogP contribution in [-0.4, -0.2) is 34.8 Å². The van der Waals surface area contributed by atoms with Gasteiger partial charge in [-0.2, -0.15) is 0 Å². The van der Waals surface area contributed by atoms with Gasteiger partial charge < -0.3 is 20.2 Å². The van der Waals surface area contributed by atoms with E-state index >= 15 is 0 Å².